The molecule has 0 saturated heterocycles. The van der Waals surface area contributed by atoms with Gasteiger partial charge in [0.05, 0.1) is 27.8 Å². The number of hydrogen-bond donors (Lipinski definition) is 0. The second-order valence-electron chi connectivity index (χ2n) is 15.5. The van der Waals surface area contributed by atoms with Crippen LogP contribution in [0.5, 0.6) is 0 Å². The van der Waals surface area contributed by atoms with Crippen LogP contribution in [0.2, 0.25) is 0 Å². The third-order valence-corrected chi connectivity index (χ3v) is 10.5. The lowest BCUT2D eigenvalue weighted by molar-refractivity contribution is 0.590. The molecular formula is C44H39BN2. The van der Waals surface area contributed by atoms with Crippen molar-refractivity contribution in [2.45, 2.75) is 52.4 Å². The zero-order valence-electron chi connectivity index (χ0n) is 28.1. The van der Waals surface area contributed by atoms with Crippen molar-refractivity contribution < 1.29 is 0 Å². The largest absolute Gasteiger partial charge is 0.310 e. The van der Waals surface area contributed by atoms with E-state index < -0.39 is 0 Å². The fourth-order valence-electron chi connectivity index (χ4n) is 8.10. The Kier molecular flexibility index (Phi) is 5.85. The third-order valence-electron chi connectivity index (χ3n) is 10.5. The number of para-hydroxylation sites is 2. The van der Waals surface area contributed by atoms with Gasteiger partial charge in [-0.1, -0.05) is 132 Å². The summed E-state index contributed by atoms with van der Waals surface area (Å²) in [6.07, 6.45) is 0. The zero-order valence-corrected chi connectivity index (χ0v) is 28.1. The smallest absolute Gasteiger partial charge is 0.246 e. The van der Waals surface area contributed by atoms with Crippen LogP contribution >= 0.6 is 0 Å². The normalized spacial score (nSPS) is 13.3. The van der Waals surface area contributed by atoms with Gasteiger partial charge in [0.2, 0.25) is 6.71 Å². The molecule has 0 N–H and O–H groups in total. The molecular weight excluding hydrogens is 567 g/mol. The second kappa shape index (κ2) is 9.75. The van der Waals surface area contributed by atoms with E-state index in [0.29, 0.717) is 0 Å². The summed E-state index contributed by atoms with van der Waals surface area (Å²) in [5, 5.41) is 5.24. The van der Waals surface area contributed by atoms with Crippen molar-refractivity contribution in [1.29, 1.82) is 0 Å². The second-order valence-corrected chi connectivity index (χ2v) is 15.5. The zero-order chi connectivity index (χ0) is 32.2. The molecule has 3 heterocycles. The molecule has 0 atom stereocenters. The van der Waals surface area contributed by atoms with Gasteiger partial charge in [0.25, 0.3) is 0 Å². The SMILES string of the molecule is CC(C)(C)c1ccc2c(c1)c1cc(C(C)(C)C)ccc1n2-c1ccc2c3c1c1ccccc1n3-c1ccccc1B2c1ccccc1. The van der Waals surface area contributed by atoms with Crippen LogP contribution in [0.3, 0.4) is 0 Å². The fourth-order valence-corrected chi connectivity index (χ4v) is 8.10. The minimum absolute atomic E-state index is 0.0590. The van der Waals surface area contributed by atoms with Crippen molar-refractivity contribution in [1.82, 2.24) is 9.13 Å². The molecule has 0 saturated carbocycles. The van der Waals surface area contributed by atoms with Crippen molar-refractivity contribution in [3.05, 3.63) is 139 Å². The molecule has 2 nitrogen and oxygen atoms in total. The summed E-state index contributed by atoms with van der Waals surface area (Å²) >= 11 is 0. The van der Waals surface area contributed by atoms with E-state index in [4.69, 9.17) is 0 Å². The van der Waals surface area contributed by atoms with E-state index in [1.807, 2.05) is 0 Å². The van der Waals surface area contributed by atoms with E-state index in [2.05, 4.69) is 178 Å². The highest BCUT2D eigenvalue weighted by Gasteiger charge is 2.34. The van der Waals surface area contributed by atoms with Crippen molar-refractivity contribution in [2.24, 2.45) is 0 Å². The maximum Gasteiger partial charge on any atom is 0.246 e. The summed E-state index contributed by atoms with van der Waals surface area (Å²) in [4.78, 5) is 0. The molecule has 9 rings (SSSR count). The topological polar surface area (TPSA) is 9.86 Å². The molecule has 0 fully saturated rings. The Morgan fingerprint density at radius 2 is 1.02 bits per heavy atom. The highest BCUT2D eigenvalue weighted by molar-refractivity contribution is 6.98. The lowest BCUT2D eigenvalue weighted by Crippen LogP contribution is -2.55. The van der Waals surface area contributed by atoms with Gasteiger partial charge in [0.15, 0.2) is 0 Å². The predicted molar refractivity (Wildman–Crippen MR) is 204 cm³/mol. The summed E-state index contributed by atoms with van der Waals surface area (Å²) in [5.41, 5.74) is 14.4. The van der Waals surface area contributed by atoms with Crippen LogP contribution < -0.4 is 16.4 Å². The molecule has 0 radical (unpaired) electrons. The summed E-state index contributed by atoms with van der Waals surface area (Å²) in [6.45, 7) is 14.0. The number of fused-ring (bicyclic) bond motifs is 8. The van der Waals surface area contributed by atoms with Gasteiger partial charge in [-0.3, -0.25) is 0 Å². The molecule has 2 aromatic heterocycles. The maximum absolute atomic E-state index is 2.54. The Hall–Kier alpha value is -5.02. The molecule has 3 heteroatoms. The lowest BCUT2D eigenvalue weighted by Gasteiger charge is -2.27. The molecule has 1 aliphatic heterocycles. The standard InChI is InChI=1S/C44H39BN2/c1-43(2,3)28-20-23-37-32(26-28)33-27-29(44(4,5)6)21-24-38(33)46(37)40-25-22-35-42-41(40)31-16-10-12-18-36(31)47(42)39-19-13-11-17-34(39)45(35)30-14-8-7-9-15-30/h7-27H,1-6H3. The molecule has 0 spiro atoms. The summed E-state index contributed by atoms with van der Waals surface area (Å²) in [6, 6.07) is 48.1. The fraction of sp³-hybridized carbons (Fsp3) is 0.182. The first-order valence-electron chi connectivity index (χ1n) is 16.9. The predicted octanol–water partition coefficient (Wildman–Crippen LogP) is 9.31. The van der Waals surface area contributed by atoms with Gasteiger partial charge in [0.1, 0.15) is 0 Å². The van der Waals surface area contributed by atoms with Crippen molar-refractivity contribution in [2.75, 3.05) is 0 Å². The van der Waals surface area contributed by atoms with Gasteiger partial charge in [-0.05, 0) is 75.3 Å². The molecule has 0 amide bonds. The number of benzene rings is 6. The quantitative estimate of drug-likeness (QED) is 0.174. The summed E-state index contributed by atoms with van der Waals surface area (Å²) in [7, 11) is 0. The first-order valence-corrected chi connectivity index (χ1v) is 16.9. The minimum Gasteiger partial charge on any atom is -0.310 e. The van der Waals surface area contributed by atoms with Gasteiger partial charge in [-0.15, -0.1) is 0 Å². The molecule has 0 aliphatic carbocycles. The van der Waals surface area contributed by atoms with Crippen molar-refractivity contribution >= 4 is 66.7 Å². The highest BCUT2D eigenvalue weighted by Crippen LogP contribution is 2.42. The Balaban J connectivity index is 1.45. The lowest BCUT2D eigenvalue weighted by atomic mass is 9.35. The third kappa shape index (κ3) is 4.05. The highest BCUT2D eigenvalue weighted by atomic mass is 15.0. The van der Waals surface area contributed by atoms with E-state index in [1.54, 1.807) is 0 Å². The van der Waals surface area contributed by atoms with Crippen LogP contribution in [0, 0.1) is 0 Å². The van der Waals surface area contributed by atoms with Gasteiger partial charge in [-0.2, -0.15) is 0 Å². The molecule has 0 bridgehead atoms. The first-order chi connectivity index (χ1) is 22.6. The van der Waals surface area contributed by atoms with Gasteiger partial charge < -0.3 is 9.13 Å². The van der Waals surface area contributed by atoms with Crippen molar-refractivity contribution in [3.8, 4) is 11.4 Å². The molecule has 1 aliphatic rings. The van der Waals surface area contributed by atoms with Gasteiger partial charge in [0, 0.05) is 27.2 Å². The monoisotopic (exact) mass is 606 g/mol. The minimum atomic E-state index is 0.0590. The number of nitrogens with zero attached hydrogens (tertiary/aromatic N) is 2. The number of hydrogen-bond acceptors (Lipinski definition) is 0. The summed E-state index contributed by atoms with van der Waals surface area (Å²) in [5.74, 6) is 0. The van der Waals surface area contributed by atoms with E-state index in [9.17, 15) is 0 Å². The average molecular weight is 607 g/mol. The number of rotatable bonds is 2. The van der Waals surface area contributed by atoms with E-state index in [0.717, 1.165) is 0 Å². The van der Waals surface area contributed by atoms with E-state index in [-0.39, 0.29) is 17.5 Å². The Morgan fingerprint density at radius 3 is 1.68 bits per heavy atom. The molecule has 8 aromatic rings. The molecule has 0 unspecified atom stereocenters. The molecule has 6 aromatic carbocycles. The van der Waals surface area contributed by atoms with Crippen LogP contribution in [0.15, 0.2) is 127 Å². The molecule has 228 valence electrons. The Morgan fingerprint density at radius 1 is 0.447 bits per heavy atom. The molecule has 47 heavy (non-hydrogen) atoms. The summed E-state index contributed by atoms with van der Waals surface area (Å²) < 4.78 is 5.07. The first kappa shape index (κ1) is 28.2. The van der Waals surface area contributed by atoms with E-state index in [1.165, 1.54) is 82.5 Å². The average Bonchev–Trinajstić information content (AvgIpc) is 3.58. The van der Waals surface area contributed by atoms with Crippen LogP contribution in [0.1, 0.15) is 52.7 Å². The van der Waals surface area contributed by atoms with Crippen LogP contribution in [0.4, 0.5) is 0 Å². The van der Waals surface area contributed by atoms with Gasteiger partial charge >= 0.3 is 0 Å². The number of aromatic nitrogens is 2. The van der Waals surface area contributed by atoms with Crippen LogP contribution in [-0.2, 0) is 10.8 Å². The maximum atomic E-state index is 2.54. The van der Waals surface area contributed by atoms with Gasteiger partial charge in [-0.25, -0.2) is 0 Å². The van der Waals surface area contributed by atoms with Crippen LogP contribution in [-0.4, -0.2) is 15.8 Å². The Bertz CT molecular complexity index is 2460. The van der Waals surface area contributed by atoms with Crippen molar-refractivity contribution in [3.63, 3.8) is 0 Å². The van der Waals surface area contributed by atoms with E-state index >= 15 is 0 Å². The van der Waals surface area contributed by atoms with Crippen LogP contribution in [0.25, 0.3) is 55.0 Å². The Labute approximate surface area is 277 Å².